The van der Waals surface area contributed by atoms with Crippen LogP contribution in [-0.2, 0) is 22.6 Å². The number of aromatic amines is 1. The number of H-pyrrole nitrogens is 1. The van der Waals surface area contributed by atoms with Crippen LogP contribution in [0.4, 0.5) is 23.5 Å². The molecule has 0 bridgehead atoms. The number of aliphatic hydroxyl groups is 1. The summed E-state index contributed by atoms with van der Waals surface area (Å²) in [7, 11) is -3.93. The molecule has 3 N–H and O–H groups in total. The first-order valence-electron chi connectivity index (χ1n) is 10.8. The normalized spacial score (nSPS) is 20.0. The maximum Gasteiger partial charge on any atom is 0.420 e. The van der Waals surface area contributed by atoms with Crippen LogP contribution < -0.4 is 5.32 Å². The average molecular weight is 550 g/mol. The van der Waals surface area contributed by atoms with E-state index in [-0.39, 0.29) is 35.2 Å². The predicted octanol–water partition coefficient (Wildman–Crippen LogP) is 2.87. The lowest BCUT2D eigenvalue weighted by Gasteiger charge is -2.34. The Labute approximate surface area is 207 Å². The molecule has 1 fully saturated rings. The largest absolute Gasteiger partial charge is 0.420 e. The molecule has 1 aliphatic rings. The second-order valence-electron chi connectivity index (χ2n) is 8.93. The molecule has 0 spiro atoms. The van der Waals surface area contributed by atoms with Crippen LogP contribution in [0.15, 0.2) is 29.7 Å². The van der Waals surface area contributed by atoms with Crippen LogP contribution in [0.2, 0.25) is 0 Å². The SMILES string of the molecule is CC(C)(O)Cc1cnc(-c2nc(N[C@H]3CCN(S(=O)(=O)c4cn[nH]c4)C[C@H]3F)ncc2C(F)(F)F)s1. The van der Waals surface area contributed by atoms with Crippen LogP contribution in [-0.4, -0.2) is 73.9 Å². The number of hydrogen-bond acceptors (Lipinski definition) is 9. The van der Waals surface area contributed by atoms with Gasteiger partial charge in [-0.3, -0.25) is 5.10 Å². The minimum absolute atomic E-state index is 0.0219. The van der Waals surface area contributed by atoms with Gasteiger partial charge in [0, 0.05) is 43.0 Å². The summed E-state index contributed by atoms with van der Waals surface area (Å²) in [6, 6.07) is -0.924. The van der Waals surface area contributed by atoms with Crippen molar-refractivity contribution in [1.29, 1.82) is 0 Å². The summed E-state index contributed by atoms with van der Waals surface area (Å²) in [5, 5.41) is 18.7. The highest BCUT2D eigenvalue weighted by Gasteiger charge is 2.38. The lowest BCUT2D eigenvalue weighted by atomic mass is 10.1. The number of anilines is 1. The van der Waals surface area contributed by atoms with Gasteiger partial charge in [-0.25, -0.2) is 27.8 Å². The zero-order chi connectivity index (χ0) is 26.3. The third-order valence-electron chi connectivity index (χ3n) is 5.39. The maximum atomic E-state index is 14.9. The Morgan fingerprint density at radius 2 is 2.00 bits per heavy atom. The van der Waals surface area contributed by atoms with Crippen LogP contribution >= 0.6 is 11.3 Å². The standard InChI is InChI=1S/C20H23F4N7O3S2/c1-19(2,32)5-11-6-25-17(35-11)16-13(20(22,23)24)9-26-18(30-16)29-15-3-4-31(10-14(15)21)36(33,34)12-7-27-28-8-12/h6-9,14-15,32H,3-5,10H2,1-2H3,(H,27,28)(H,26,29,30)/t14-,15+/m1/s1. The molecule has 36 heavy (non-hydrogen) atoms. The molecule has 2 atom stereocenters. The third-order valence-corrected chi connectivity index (χ3v) is 8.22. The molecule has 16 heteroatoms. The van der Waals surface area contributed by atoms with Gasteiger partial charge in [-0.2, -0.15) is 22.6 Å². The Morgan fingerprint density at radius 1 is 1.25 bits per heavy atom. The van der Waals surface area contributed by atoms with Crippen LogP contribution in [0.5, 0.6) is 0 Å². The van der Waals surface area contributed by atoms with E-state index in [0.717, 1.165) is 21.8 Å². The lowest BCUT2D eigenvalue weighted by Crippen LogP contribution is -2.49. The first-order chi connectivity index (χ1) is 16.7. The van der Waals surface area contributed by atoms with E-state index < -0.39 is 51.8 Å². The number of hydrogen-bond donors (Lipinski definition) is 3. The van der Waals surface area contributed by atoms with E-state index in [1.54, 1.807) is 13.8 Å². The topological polar surface area (TPSA) is 137 Å². The zero-order valence-electron chi connectivity index (χ0n) is 19.1. The number of rotatable bonds is 7. The predicted molar refractivity (Wildman–Crippen MR) is 122 cm³/mol. The highest BCUT2D eigenvalue weighted by Crippen LogP contribution is 2.38. The Kier molecular flexibility index (Phi) is 7.07. The van der Waals surface area contributed by atoms with Crippen molar-refractivity contribution < 1.29 is 31.1 Å². The van der Waals surface area contributed by atoms with Crippen LogP contribution in [0.3, 0.4) is 0 Å². The fraction of sp³-hybridized carbons (Fsp3) is 0.500. The summed E-state index contributed by atoms with van der Waals surface area (Å²) in [4.78, 5) is 12.2. The Hall–Kier alpha value is -2.69. The molecule has 0 amide bonds. The summed E-state index contributed by atoms with van der Waals surface area (Å²) in [5.74, 6) is -0.240. The number of piperidine rings is 1. The molecule has 3 aromatic heterocycles. The number of nitrogens with one attached hydrogen (secondary N) is 2. The number of thiazole rings is 1. The molecule has 0 radical (unpaired) electrons. The molecule has 0 unspecified atom stereocenters. The molecule has 0 saturated carbocycles. The summed E-state index contributed by atoms with van der Waals surface area (Å²) in [5.41, 5.74) is -2.65. The number of alkyl halides is 4. The number of sulfonamides is 1. The summed E-state index contributed by atoms with van der Waals surface area (Å²) >= 11 is 0.956. The molecule has 0 aliphatic carbocycles. The molecule has 1 aliphatic heterocycles. The van der Waals surface area contributed by atoms with Crippen LogP contribution in [0.25, 0.3) is 10.7 Å². The number of nitrogens with zero attached hydrogens (tertiary/aromatic N) is 5. The third kappa shape index (κ3) is 5.82. The number of aromatic nitrogens is 5. The summed E-state index contributed by atoms with van der Waals surface area (Å²) < 4.78 is 82.1. The minimum Gasteiger partial charge on any atom is -0.390 e. The van der Waals surface area contributed by atoms with Crippen molar-refractivity contribution in [2.75, 3.05) is 18.4 Å². The Morgan fingerprint density at radius 3 is 2.61 bits per heavy atom. The van der Waals surface area contributed by atoms with E-state index in [9.17, 15) is 31.1 Å². The minimum atomic E-state index is -4.76. The van der Waals surface area contributed by atoms with E-state index in [2.05, 4.69) is 30.5 Å². The number of halogens is 4. The van der Waals surface area contributed by atoms with Gasteiger partial charge in [-0.1, -0.05) is 0 Å². The second-order valence-corrected chi connectivity index (χ2v) is 12.0. The van der Waals surface area contributed by atoms with Gasteiger partial charge in [0.25, 0.3) is 0 Å². The van der Waals surface area contributed by atoms with E-state index >= 15 is 0 Å². The van der Waals surface area contributed by atoms with Crippen molar-refractivity contribution in [3.8, 4) is 10.7 Å². The van der Waals surface area contributed by atoms with E-state index in [1.165, 1.54) is 12.4 Å². The van der Waals surface area contributed by atoms with Gasteiger partial charge >= 0.3 is 6.18 Å². The van der Waals surface area contributed by atoms with Crippen molar-refractivity contribution in [1.82, 2.24) is 29.5 Å². The molecular formula is C20H23F4N7O3S2. The van der Waals surface area contributed by atoms with Crippen LogP contribution in [0.1, 0.15) is 30.7 Å². The van der Waals surface area contributed by atoms with Crippen LogP contribution in [0, 0.1) is 0 Å². The molecule has 4 rings (SSSR count). The Balaban J connectivity index is 1.54. The van der Waals surface area contributed by atoms with Crippen molar-refractivity contribution >= 4 is 27.3 Å². The van der Waals surface area contributed by atoms with Gasteiger partial charge in [-0.05, 0) is 20.3 Å². The van der Waals surface area contributed by atoms with E-state index in [0.29, 0.717) is 11.1 Å². The summed E-state index contributed by atoms with van der Waals surface area (Å²) in [6.07, 6.45) is -1.92. The first-order valence-corrected chi connectivity index (χ1v) is 13.0. The fourth-order valence-corrected chi connectivity index (χ4v) is 6.21. The van der Waals surface area contributed by atoms with Crippen molar-refractivity contribution in [2.45, 2.75) is 55.6 Å². The average Bonchev–Trinajstić information content (AvgIpc) is 3.46. The monoisotopic (exact) mass is 549 g/mol. The van der Waals surface area contributed by atoms with Crippen molar-refractivity contribution in [2.24, 2.45) is 0 Å². The molecule has 196 valence electrons. The molecule has 4 heterocycles. The van der Waals surface area contributed by atoms with E-state index in [4.69, 9.17) is 0 Å². The smallest absolute Gasteiger partial charge is 0.390 e. The van der Waals surface area contributed by atoms with Crippen molar-refractivity contribution in [3.63, 3.8) is 0 Å². The quantitative estimate of drug-likeness (QED) is 0.383. The molecule has 3 aromatic rings. The lowest BCUT2D eigenvalue weighted by molar-refractivity contribution is -0.137. The Bertz CT molecular complexity index is 1310. The molecule has 1 saturated heterocycles. The van der Waals surface area contributed by atoms with Gasteiger partial charge in [0.15, 0.2) is 0 Å². The highest BCUT2D eigenvalue weighted by molar-refractivity contribution is 7.89. The van der Waals surface area contributed by atoms with Gasteiger partial charge in [-0.15, -0.1) is 11.3 Å². The van der Waals surface area contributed by atoms with Gasteiger partial charge in [0.1, 0.15) is 27.3 Å². The highest BCUT2D eigenvalue weighted by atomic mass is 32.2. The maximum absolute atomic E-state index is 14.9. The van der Waals surface area contributed by atoms with Crippen molar-refractivity contribution in [3.05, 3.63) is 35.2 Å². The van der Waals surface area contributed by atoms with Gasteiger partial charge in [0.2, 0.25) is 16.0 Å². The van der Waals surface area contributed by atoms with Gasteiger partial charge < -0.3 is 10.4 Å². The van der Waals surface area contributed by atoms with Gasteiger partial charge in [0.05, 0.1) is 17.8 Å². The zero-order valence-corrected chi connectivity index (χ0v) is 20.8. The molecule has 10 nitrogen and oxygen atoms in total. The first kappa shape index (κ1) is 26.4. The summed E-state index contributed by atoms with van der Waals surface area (Å²) in [6.45, 7) is 2.66. The fourth-order valence-electron chi connectivity index (χ4n) is 3.70. The molecule has 0 aromatic carbocycles. The molecular weight excluding hydrogens is 526 g/mol. The van der Waals surface area contributed by atoms with E-state index in [1.807, 2.05) is 0 Å². The second kappa shape index (κ2) is 9.64.